The van der Waals surface area contributed by atoms with Gasteiger partial charge >= 0.3 is 0 Å². The Labute approximate surface area is 266 Å². The van der Waals surface area contributed by atoms with Crippen molar-refractivity contribution in [3.05, 3.63) is 35.5 Å². The third-order valence-electron chi connectivity index (χ3n) is 7.19. The zero-order valence-corrected chi connectivity index (χ0v) is 26.9. The summed E-state index contributed by atoms with van der Waals surface area (Å²) in [6, 6.07) is 7.59. The van der Waals surface area contributed by atoms with Gasteiger partial charge < -0.3 is 34.5 Å². The molecule has 0 bridgehead atoms. The number of anilines is 3. The highest BCUT2D eigenvalue weighted by Crippen LogP contribution is 2.28. The van der Waals surface area contributed by atoms with Crippen LogP contribution in [0, 0.1) is 5.92 Å². The van der Waals surface area contributed by atoms with Crippen molar-refractivity contribution in [1.29, 1.82) is 0 Å². The van der Waals surface area contributed by atoms with E-state index < -0.39 is 0 Å². The number of carbonyl (C=O) groups excluding carboxylic acids is 2. The van der Waals surface area contributed by atoms with Crippen LogP contribution in [0.3, 0.4) is 0 Å². The number of likely N-dealkylation sites (N-methyl/N-ethyl adjacent to an activating group) is 1. The van der Waals surface area contributed by atoms with E-state index in [2.05, 4.69) is 20.6 Å². The standard InChI is InChI=1S/C32H48ClN5O6/c1-3-27(39)24-43-21-7-19-41-17-4-5-18-42-20-8-22-44-28-13-11-26(12-14-28)36-32-35-23-29(33)30(37-32)34-15-16-38(2)31(40)25-9-6-10-25/h11-14,23,25H,3-10,15-22,24H2,1-2H3,(H2,34,35,36,37). The molecule has 1 aromatic carbocycles. The summed E-state index contributed by atoms with van der Waals surface area (Å²) in [5, 5.41) is 6.81. The molecule has 1 saturated carbocycles. The molecule has 0 saturated heterocycles. The van der Waals surface area contributed by atoms with E-state index in [9.17, 15) is 9.59 Å². The molecule has 0 aliphatic heterocycles. The predicted molar refractivity (Wildman–Crippen MR) is 172 cm³/mol. The first-order chi connectivity index (χ1) is 21.5. The van der Waals surface area contributed by atoms with Crippen LogP contribution in [0.15, 0.2) is 30.5 Å². The Morgan fingerprint density at radius 1 is 0.955 bits per heavy atom. The van der Waals surface area contributed by atoms with Gasteiger partial charge in [0.25, 0.3) is 0 Å². The Balaban J connectivity index is 1.21. The zero-order chi connectivity index (χ0) is 31.4. The molecule has 0 unspecified atom stereocenters. The average molecular weight is 634 g/mol. The number of nitrogens with one attached hydrogen (secondary N) is 2. The van der Waals surface area contributed by atoms with Crippen LogP contribution < -0.4 is 15.4 Å². The van der Waals surface area contributed by atoms with Gasteiger partial charge in [0.05, 0.1) is 12.8 Å². The highest BCUT2D eigenvalue weighted by Gasteiger charge is 2.27. The van der Waals surface area contributed by atoms with Crippen LogP contribution in [0.2, 0.25) is 5.02 Å². The fraction of sp³-hybridized carbons (Fsp3) is 0.625. The van der Waals surface area contributed by atoms with Crippen molar-refractivity contribution in [2.24, 2.45) is 5.92 Å². The number of ketones is 1. The van der Waals surface area contributed by atoms with Gasteiger partial charge in [0, 0.05) is 77.6 Å². The Bertz CT molecular complexity index is 1120. The molecule has 11 nitrogen and oxygen atoms in total. The zero-order valence-electron chi connectivity index (χ0n) is 26.2. The third-order valence-corrected chi connectivity index (χ3v) is 7.47. The molecule has 0 spiro atoms. The molecule has 2 aromatic rings. The Morgan fingerprint density at radius 2 is 1.61 bits per heavy atom. The highest BCUT2D eigenvalue weighted by molar-refractivity contribution is 6.32. The summed E-state index contributed by atoms with van der Waals surface area (Å²) in [7, 11) is 1.83. The number of Topliss-reactive ketones (excluding diaryl/α,β-unsaturated/α-hetero) is 1. The summed E-state index contributed by atoms with van der Waals surface area (Å²) in [4.78, 5) is 34.0. The number of aromatic nitrogens is 2. The highest BCUT2D eigenvalue weighted by atomic mass is 35.5. The lowest BCUT2D eigenvalue weighted by Crippen LogP contribution is -2.38. The smallest absolute Gasteiger partial charge is 0.229 e. The number of rotatable bonds is 24. The van der Waals surface area contributed by atoms with Crippen molar-refractivity contribution in [3.63, 3.8) is 0 Å². The maximum absolute atomic E-state index is 12.3. The van der Waals surface area contributed by atoms with Crippen molar-refractivity contribution in [1.82, 2.24) is 14.9 Å². The van der Waals surface area contributed by atoms with E-state index in [1.807, 2.05) is 38.2 Å². The van der Waals surface area contributed by atoms with Gasteiger partial charge in [-0.15, -0.1) is 0 Å². The molecule has 3 rings (SSSR count). The average Bonchev–Trinajstić information content (AvgIpc) is 3.00. The fourth-order valence-electron chi connectivity index (χ4n) is 4.25. The van der Waals surface area contributed by atoms with Crippen LogP contribution >= 0.6 is 11.6 Å². The van der Waals surface area contributed by atoms with Gasteiger partial charge in [-0.3, -0.25) is 9.59 Å². The molecule has 1 amide bonds. The van der Waals surface area contributed by atoms with Gasteiger partial charge in [-0.2, -0.15) is 4.98 Å². The molecular formula is C32H48ClN5O6. The third kappa shape index (κ3) is 13.8. The van der Waals surface area contributed by atoms with Crippen LogP contribution in [0.4, 0.5) is 17.5 Å². The second-order valence-corrected chi connectivity index (χ2v) is 11.2. The van der Waals surface area contributed by atoms with Gasteiger partial charge in [-0.05, 0) is 56.4 Å². The summed E-state index contributed by atoms with van der Waals surface area (Å²) in [6.45, 7) is 6.97. The number of hydrogen-bond donors (Lipinski definition) is 2. The molecular weight excluding hydrogens is 586 g/mol. The Kier molecular flexibility index (Phi) is 16.8. The number of carbonyl (C=O) groups is 2. The number of hydrogen-bond acceptors (Lipinski definition) is 10. The molecule has 1 fully saturated rings. The van der Waals surface area contributed by atoms with Crippen LogP contribution in [0.25, 0.3) is 0 Å². The van der Waals surface area contributed by atoms with E-state index in [0.717, 1.165) is 56.4 Å². The predicted octanol–water partition coefficient (Wildman–Crippen LogP) is 5.51. The monoisotopic (exact) mass is 633 g/mol. The lowest BCUT2D eigenvalue weighted by atomic mass is 9.84. The molecule has 44 heavy (non-hydrogen) atoms. The summed E-state index contributed by atoms with van der Waals surface area (Å²) in [6.07, 6.45) is 8.70. The Morgan fingerprint density at radius 3 is 2.27 bits per heavy atom. The SMILES string of the molecule is CCC(=O)COCCCOCCCCOCCCOc1ccc(Nc2ncc(Cl)c(NCCN(C)C(=O)C3CCC3)n2)cc1. The van der Waals surface area contributed by atoms with Crippen LogP contribution in [-0.4, -0.2) is 92.9 Å². The lowest BCUT2D eigenvalue weighted by Gasteiger charge is -2.29. The van der Waals surface area contributed by atoms with E-state index in [0.29, 0.717) is 75.9 Å². The molecule has 0 atom stereocenters. The molecule has 0 radical (unpaired) electrons. The van der Waals surface area contributed by atoms with Crippen molar-refractivity contribution in [3.8, 4) is 5.75 Å². The van der Waals surface area contributed by atoms with Crippen molar-refractivity contribution >= 4 is 40.7 Å². The maximum Gasteiger partial charge on any atom is 0.229 e. The van der Waals surface area contributed by atoms with Crippen molar-refractivity contribution in [2.75, 3.05) is 77.0 Å². The number of ether oxygens (including phenoxy) is 4. The van der Waals surface area contributed by atoms with E-state index in [1.165, 1.54) is 0 Å². The minimum absolute atomic E-state index is 0.129. The van der Waals surface area contributed by atoms with Gasteiger partial charge in [0.2, 0.25) is 11.9 Å². The van der Waals surface area contributed by atoms with E-state index in [1.54, 1.807) is 11.1 Å². The van der Waals surface area contributed by atoms with Gasteiger partial charge in [0.1, 0.15) is 17.4 Å². The largest absolute Gasteiger partial charge is 0.494 e. The van der Waals surface area contributed by atoms with E-state index in [4.69, 9.17) is 30.5 Å². The quantitative estimate of drug-likeness (QED) is 0.143. The molecule has 1 aliphatic carbocycles. The van der Waals surface area contributed by atoms with Gasteiger partial charge in [-0.25, -0.2) is 4.98 Å². The molecule has 1 heterocycles. The second-order valence-electron chi connectivity index (χ2n) is 10.8. The van der Waals surface area contributed by atoms with Crippen LogP contribution in [-0.2, 0) is 23.8 Å². The first-order valence-electron chi connectivity index (χ1n) is 15.7. The van der Waals surface area contributed by atoms with Gasteiger partial charge in [-0.1, -0.05) is 24.9 Å². The Hall–Kier alpha value is -2.99. The minimum Gasteiger partial charge on any atom is -0.494 e. The molecule has 1 aromatic heterocycles. The number of unbranched alkanes of at least 4 members (excludes halogenated alkanes) is 1. The molecule has 244 valence electrons. The maximum atomic E-state index is 12.3. The number of halogens is 1. The van der Waals surface area contributed by atoms with Gasteiger partial charge in [0.15, 0.2) is 11.6 Å². The van der Waals surface area contributed by atoms with Crippen LogP contribution in [0.1, 0.15) is 58.3 Å². The number of amides is 1. The summed E-state index contributed by atoms with van der Waals surface area (Å²) < 4.78 is 22.4. The molecule has 12 heteroatoms. The van der Waals surface area contributed by atoms with Crippen LogP contribution in [0.5, 0.6) is 5.75 Å². The molecule has 2 N–H and O–H groups in total. The first kappa shape index (κ1) is 35.5. The minimum atomic E-state index is 0.129. The summed E-state index contributed by atoms with van der Waals surface area (Å²) in [5.41, 5.74) is 0.820. The van der Waals surface area contributed by atoms with Crippen molar-refractivity contribution < 1.29 is 28.5 Å². The first-order valence-corrected chi connectivity index (χ1v) is 16.1. The number of nitrogens with zero attached hydrogens (tertiary/aromatic N) is 3. The molecule has 1 aliphatic rings. The normalized spacial score (nSPS) is 12.9. The summed E-state index contributed by atoms with van der Waals surface area (Å²) in [5.74, 6) is 2.23. The fourth-order valence-corrected chi connectivity index (χ4v) is 4.41. The van der Waals surface area contributed by atoms with E-state index >= 15 is 0 Å². The lowest BCUT2D eigenvalue weighted by molar-refractivity contribution is -0.136. The second kappa shape index (κ2) is 20.9. The topological polar surface area (TPSA) is 124 Å². The van der Waals surface area contributed by atoms with E-state index in [-0.39, 0.29) is 24.2 Å². The summed E-state index contributed by atoms with van der Waals surface area (Å²) >= 11 is 6.28. The number of benzene rings is 1. The van der Waals surface area contributed by atoms with Crippen molar-refractivity contribution in [2.45, 2.75) is 58.3 Å².